The van der Waals surface area contributed by atoms with Crippen molar-refractivity contribution in [1.29, 1.82) is 0 Å². The zero-order chi connectivity index (χ0) is 17.7. The number of ether oxygens (including phenoxy) is 2. The number of sulfone groups is 1. The predicted molar refractivity (Wildman–Crippen MR) is 79.4 cm³/mol. The molecule has 0 fully saturated rings. The highest BCUT2D eigenvalue weighted by Gasteiger charge is 2.31. The maximum atomic E-state index is 12.1. The van der Waals surface area contributed by atoms with Gasteiger partial charge in [0, 0.05) is 6.26 Å². The molecule has 0 heterocycles. The third-order valence-corrected chi connectivity index (χ3v) is 3.58. The first kappa shape index (κ1) is 18.8. The lowest BCUT2D eigenvalue weighted by Gasteiger charge is -2.09. The van der Waals surface area contributed by atoms with Crippen molar-refractivity contribution in [3.8, 4) is 5.75 Å². The second-order valence-electron chi connectivity index (χ2n) is 4.44. The Kier molecular flexibility index (Phi) is 6.03. The van der Waals surface area contributed by atoms with E-state index < -0.39 is 22.0 Å². The van der Waals surface area contributed by atoms with Crippen molar-refractivity contribution in [2.75, 3.05) is 6.26 Å². The number of rotatable bonds is 6. The van der Waals surface area contributed by atoms with Gasteiger partial charge in [-0.2, -0.15) is 0 Å². The summed E-state index contributed by atoms with van der Waals surface area (Å²) in [5.74, 6) is 0.145. The van der Waals surface area contributed by atoms with Crippen LogP contribution in [0.3, 0.4) is 0 Å². The summed E-state index contributed by atoms with van der Waals surface area (Å²) in [5.41, 5.74) is 0. The van der Waals surface area contributed by atoms with Crippen LogP contribution in [0.1, 0.15) is 6.92 Å². The summed E-state index contributed by atoms with van der Waals surface area (Å²) in [4.78, 5) is 0.138. The summed E-state index contributed by atoms with van der Waals surface area (Å²) in [6.45, 7) is 4.74. The average Bonchev–Trinajstić information content (AvgIpc) is 2.42. The van der Waals surface area contributed by atoms with Gasteiger partial charge in [-0.05, 0) is 49.4 Å². The quantitative estimate of drug-likeness (QED) is 0.576. The SMILES string of the molecule is C=C/C(=C\C=C(/C)Oc1ccc(S(C)(=O)=O)cc1)OC(F)(F)F. The van der Waals surface area contributed by atoms with E-state index in [0.29, 0.717) is 5.75 Å². The van der Waals surface area contributed by atoms with Crippen molar-refractivity contribution >= 4 is 9.84 Å². The topological polar surface area (TPSA) is 52.6 Å². The zero-order valence-corrected chi connectivity index (χ0v) is 13.2. The highest BCUT2D eigenvalue weighted by molar-refractivity contribution is 7.90. The summed E-state index contributed by atoms with van der Waals surface area (Å²) in [6.07, 6.45) is -0.480. The van der Waals surface area contributed by atoms with E-state index in [2.05, 4.69) is 11.3 Å². The van der Waals surface area contributed by atoms with E-state index in [0.717, 1.165) is 18.4 Å². The molecule has 1 aromatic rings. The summed E-state index contributed by atoms with van der Waals surface area (Å²) >= 11 is 0. The van der Waals surface area contributed by atoms with Crippen LogP contribution in [-0.2, 0) is 14.6 Å². The first-order valence-electron chi connectivity index (χ1n) is 6.26. The largest absolute Gasteiger partial charge is 0.573 e. The second kappa shape index (κ2) is 7.36. The normalized spacial score (nSPS) is 13.6. The number of benzene rings is 1. The Morgan fingerprint density at radius 1 is 1.17 bits per heavy atom. The van der Waals surface area contributed by atoms with E-state index in [4.69, 9.17) is 4.74 Å². The molecule has 0 N–H and O–H groups in total. The molecule has 0 aliphatic heterocycles. The molecule has 0 aliphatic carbocycles. The molecule has 1 aromatic carbocycles. The Labute approximate surface area is 132 Å². The Morgan fingerprint density at radius 2 is 1.74 bits per heavy atom. The van der Waals surface area contributed by atoms with E-state index in [1.54, 1.807) is 0 Å². The molecular weight excluding hydrogens is 333 g/mol. The maximum absolute atomic E-state index is 12.1. The molecule has 0 spiro atoms. The van der Waals surface area contributed by atoms with Crippen LogP contribution in [0, 0.1) is 0 Å². The molecule has 0 radical (unpaired) electrons. The lowest BCUT2D eigenvalue weighted by molar-refractivity contribution is -0.303. The van der Waals surface area contributed by atoms with Gasteiger partial charge in [0.05, 0.1) is 4.90 Å². The molecule has 4 nitrogen and oxygen atoms in total. The number of hydrogen-bond donors (Lipinski definition) is 0. The zero-order valence-electron chi connectivity index (χ0n) is 12.4. The van der Waals surface area contributed by atoms with Crippen LogP contribution in [-0.4, -0.2) is 21.0 Å². The van der Waals surface area contributed by atoms with E-state index >= 15 is 0 Å². The molecule has 0 amide bonds. The van der Waals surface area contributed by atoms with Crippen LogP contribution in [0.4, 0.5) is 13.2 Å². The van der Waals surface area contributed by atoms with E-state index in [1.807, 2.05) is 0 Å². The van der Waals surface area contributed by atoms with Gasteiger partial charge in [0.25, 0.3) is 0 Å². The van der Waals surface area contributed by atoms with Crippen LogP contribution in [0.15, 0.2) is 65.5 Å². The van der Waals surface area contributed by atoms with Crippen LogP contribution in [0.2, 0.25) is 0 Å². The highest BCUT2D eigenvalue weighted by Crippen LogP contribution is 2.22. The number of allylic oxidation sites excluding steroid dienone is 4. The van der Waals surface area contributed by atoms with E-state index in [-0.39, 0.29) is 10.7 Å². The van der Waals surface area contributed by atoms with Crippen LogP contribution in [0.25, 0.3) is 0 Å². The molecule has 0 saturated carbocycles. The van der Waals surface area contributed by atoms with Crippen molar-refractivity contribution < 1.29 is 31.1 Å². The molecule has 0 saturated heterocycles. The first-order chi connectivity index (χ1) is 10.5. The average molecular weight is 348 g/mol. The molecule has 23 heavy (non-hydrogen) atoms. The van der Waals surface area contributed by atoms with Gasteiger partial charge in [-0.3, -0.25) is 0 Å². The molecular formula is C15H15F3O4S. The van der Waals surface area contributed by atoms with Crippen LogP contribution in [0.5, 0.6) is 5.75 Å². The third kappa shape index (κ3) is 7.05. The minimum absolute atomic E-state index is 0.138. The minimum Gasteiger partial charge on any atom is -0.462 e. The van der Waals surface area contributed by atoms with Gasteiger partial charge in [-0.1, -0.05) is 6.58 Å². The molecule has 0 unspecified atom stereocenters. The molecule has 0 atom stereocenters. The molecule has 0 aromatic heterocycles. The Bertz CT molecular complexity index is 714. The minimum atomic E-state index is -4.80. The fourth-order valence-electron chi connectivity index (χ4n) is 1.45. The van der Waals surface area contributed by atoms with Gasteiger partial charge >= 0.3 is 6.36 Å². The fraction of sp³-hybridized carbons (Fsp3) is 0.200. The number of alkyl halides is 3. The van der Waals surface area contributed by atoms with Crippen molar-refractivity contribution in [2.45, 2.75) is 18.2 Å². The number of halogens is 3. The Hall–Kier alpha value is -2.22. The van der Waals surface area contributed by atoms with Crippen molar-refractivity contribution in [3.63, 3.8) is 0 Å². The van der Waals surface area contributed by atoms with Gasteiger partial charge in [-0.25, -0.2) is 8.42 Å². The molecule has 8 heteroatoms. The summed E-state index contributed by atoms with van der Waals surface area (Å²) in [5, 5.41) is 0. The van der Waals surface area contributed by atoms with E-state index in [1.165, 1.54) is 37.3 Å². The van der Waals surface area contributed by atoms with Gasteiger partial charge in [0.1, 0.15) is 17.3 Å². The van der Waals surface area contributed by atoms with Gasteiger partial charge in [0.15, 0.2) is 9.84 Å². The highest BCUT2D eigenvalue weighted by atomic mass is 32.2. The fourth-order valence-corrected chi connectivity index (χ4v) is 2.08. The lowest BCUT2D eigenvalue weighted by atomic mass is 10.3. The second-order valence-corrected chi connectivity index (χ2v) is 6.46. The van der Waals surface area contributed by atoms with Gasteiger partial charge in [0.2, 0.25) is 0 Å². The van der Waals surface area contributed by atoms with Crippen molar-refractivity contribution in [1.82, 2.24) is 0 Å². The van der Waals surface area contributed by atoms with Crippen LogP contribution < -0.4 is 4.74 Å². The maximum Gasteiger partial charge on any atom is 0.573 e. The van der Waals surface area contributed by atoms with E-state index in [9.17, 15) is 21.6 Å². The molecule has 1 rings (SSSR count). The number of hydrogen-bond acceptors (Lipinski definition) is 4. The van der Waals surface area contributed by atoms with Crippen molar-refractivity contribution in [3.05, 3.63) is 60.6 Å². The monoisotopic (exact) mass is 348 g/mol. The summed E-state index contributed by atoms with van der Waals surface area (Å²) in [7, 11) is -3.30. The summed E-state index contributed by atoms with van der Waals surface area (Å²) < 4.78 is 68.0. The Morgan fingerprint density at radius 3 is 2.17 bits per heavy atom. The van der Waals surface area contributed by atoms with Gasteiger partial charge < -0.3 is 9.47 Å². The molecule has 0 aliphatic rings. The van der Waals surface area contributed by atoms with Gasteiger partial charge in [-0.15, -0.1) is 13.2 Å². The third-order valence-electron chi connectivity index (χ3n) is 2.45. The molecule has 0 bridgehead atoms. The lowest BCUT2D eigenvalue weighted by Crippen LogP contribution is -2.11. The standard InChI is InChI=1S/C15H15F3O4S/c1-4-12(22-15(16,17)18)6-5-11(2)21-13-7-9-14(10-8-13)23(3,19)20/h4-10H,1H2,2-3H3/b11-5+,12-6+. The van der Waals surface area contributed by atoms with Crippen LogP contribution >= 0.6 is 0 Å². The van der Waals surface area contributed by atoms with Crippen molar-refractivity contribution in [2.24, 2.45) is 0 Å². The smallest absolute Gasteiger partial charge is 0.462 e. The first-order valence-corrected chi connectivity index (χ1v) is 8.15. The predicted octanol–water partition coefficient (Wildman–Crippen LogP) is 3.98. The Balaban J connectivity index is 2.82. The molecule has 126 valence electrons. The summed E-state index contributed by atoms with van der Waals surface area (Å²) in [6, 6.07) is 5.63.